The Morgan fingerprint density at radius 2 is 1.37 bits per heavy atom. The van der Waals surface area contributed by atoms with Crippen LogP contribution in [0.2, 0.25) is 0 Å². The van der Waals surface area contributed by atoms with Crippen LogP contribution in [0.3, 0.4) is 0 Å². The van der Waals surface area contributed by atoms with Crippen LogP contribution in [-0.4, -0.2) is 22.5 Å². The topological polar surface area (TPSA) is 57.9 Å². The molecule has 0 atom stereocenters. The number of aromatic amines is 2. The van der Waals surface area contributed by atoms with E-state index < -0.39 is 0 Å². The van der Waals surface area contributed by atoms with E-state index in [4.69, 9.17) is 4.74 Å². The minimum absolute atomic E-state index is 0.328. The number of hydrogen-bond donors (Lipinski definition) is 2. The number of aromatic nitrogens is 2. The summed E-state index contributed by atoms with van der Waals surface area (Å²) in [4.78, 5) is 19.7. The Morgan fingerprint density at radius 3 is 1.85 bits per heavy atom. The van der Waals surface area contributed by atoms with E-state index in [9.17, 15) is 4.79 Å². The second-order valence-corrected chi connectivity index (χ2v) is 8.28. The molecule has 0 amide bonds. The zero-order valence-corrected chi connectivity index (χ0v) is 17.5. The third kappa shape index (κ3) is 2.51. The molecule has 6 heteroatoms. The van der Waals surface area contributed by atoms with E-state index in [1.807, 2.05) is 31.2 Å². The van der Waals surface area contributed by atoms with Crippen molar-refractivity contribution in [3.8, 4) is 0 Å². The number of ether oxygens (including phenoxy) is 1. The number of hydrogen-bond acceptors (Lipinski definition) is 2. The lowest BCUT2D eigenvalue weighted by molar-refractivity contribution is 0.0530. The van der Waals surface area contributed by atoms with Gasteiger partial charge in [0.15, 0.2) is 0 Å². The Hall–Kier alpha value is -2.31. The van der Waals surface area contributed by atoms with E-state index in [1.165, 1.54) is 0 Å². The van der Waals surface area contributed by atoms with Crippen molar-refractivity contribution in [2.45, 2.75) is 6.92 Å². The molecular formula is C21H14Br2N2O2. The molecule has 0 aliphatic heterocycles. The van der Waals surface area contributed by atoms with Crippen molar-refractivity contribution in [2.75, 3.05) is 6.61 Å². The van der Waals surface area contributed by atoms with E-state index in [0.717, 1.165) is 52.6 Å². The molecule has 5 rings (SSSR count). The fraction of sp³-hybridized carbons (Fsp3) is 0.0952. The summed E-state index contributed by atoms with van der Waals surface area (Å²) in [5, 5.41) is 4.14. The molecule has 2 heterocycles. The summed E-state index contributed by atoms with van der Waals surface area (Å²) in [6.07, 6.45) is 0. The fourth-order valence-electron chi connectivity index (χ4n) is 3.74. The van der Waals surface area contributed by atoms with Crippen molar-refractivity contribution in [1.82, 2.24) is 9.97 Å². The first-order valence-corrected chi connectivity index (χ1v) is 10.2. The molecule has 27 heavy (non-hydrogen) atoms. The van der Waals surface area contributed by atoms with Crippen LogP contribution < -0.4 is 0 Å². The molecule has 0 bridgehead atoms. The van der Waals surface area contributed by atoms with Crippen molar-refractivity contribution in [3.63, 3.8) is 0 Å². The summed E-state index contributed by atoms with van der Waals surface area (Å²) in [7, 11) is 0. The third-order valence-electron chi connectivity index (χ3n) is 4.87. The smallest absolute Gasteiger partial charge is 0.342 e. The minimum atomic E-state index is -0.329. The van der Waals surface area contributed by atoms with Gasteiger partial charge in [0.05, 0.1) is 17.6 Å². The summed E-state index contributed by atoms with van der Waals surface area (Å²) in [6.45, 7) is 2.15. The monoisotopic (exact) mass is 484 g/mol. The Labute approximate surface area is 171 Å². The molecular weight excluding hydrogens is 472 g/mol. The molecule has 134 valence electrons. The predicted octanol–water partition coefficient (Wildman–Crippen LogP) is 6.66. The van der Waals surface area contributed by atoms with Crippen LogP contribution in [0, 0.1) is 0 Å². The molecule has 0 radical (unpaired) electrons. The quantitative estimate of drug-likeness (QED) is 0.275. The van der Waals surface area contributed by atoms with Crippen molar-refractivity contribution < 1.29 is 9.53 Å². The van der Waals surface area contributed by atoms with Crippen LogP contribution in [0.4, 0.5) is 0 Å². The molecule has 0 spiro atoms. The molecule has 3 aromatic carbocycles. The maximum absolute atomic E-state index is 12.9. The molecule has 0 unspecified atom stereocenters. The lowest BCUT2D eigenvalue weighted by Gasteiger charge is -2.06. The highest BCUT2D eigenvalue weighted by Crippen LogP contribution is 2.38. The van der Waals surface area contributed by atoms with Crippen LogP contribution in [0.25, 0.3) is 43.6 Å². The maximum Gasteiger partial charge on any atom is 0.342 e. The lowest BCUT2D eigenvalue weighted by atomic mass is 10.0. The number of esters is 1. The van der Waals surface area contributed by atoms with Crippen molar-refractivity contribution in [1.29, 1.82) is 0 Å². The Morgan fingerprint density at radius 1 is 0.852 bits per heavy atom. The standard InChI is InChI=1S/C21H14Br2N2O2/c1-2-27-21(26)18-19-14(12-7-10(22)3-5-16(12)24-19)9-15-13-8-11(23)4-6-17(13)25-20(15)18/h3-9,24-25H,2H2,1H3. The van der Waals surface area contributed by atoms with E-state index in [0.29, 0.717) is 12.2 Å². The average molecular weight is 486 g/mol. The number of H-pyrrole nitrogens is 2. The number of carbonyl (C=O) groups is 1. The zero-order chi connectivity index (χ0) is 18.7. The minimum Gasteiger partial charge on any atom is -0.462 e. The van der Waals surface area contributed by atoms with Gasteiger partial charge in [-0.05, 0) is 49.4 Å². The lowest BCUT2D eigenvalue weighted by Crippen LogP contribution is -2.06. The molecule has 0 saturated carbocycles. The van der Waals surface area contributed by atoms with Gasteiger partial charge in [0.2, 0.25) is 0 Å². The van der Waals surface area contributed by atoms with Gasteiger partial charge in [0, 0.05) is 41.5 Å². The highest BCUT2D eigenvalue weighted by atomic mass is 79.9. The highest BCUT2D eigenvalue weighted by Gasteiger charge is 2.22. The van der Waals surface area contributed by atoms with Gasteiger partial charge >= 0.3 is 5.97 Å². The van der Waals surface area contributed by atoms with Gasteiger partial charge in [0.1, 0.15) is 5.56 Å². The maximum atomic E-state index is 12.9. The summed E-state index contributed by atoms with van der Waals surface area (Å²) >= 11 is 7.10. The van der Waals surface area contributed by atoms with Gasteiger partial charge in [-0.1, -0.05) is 31.9 Å². The van der Waals surface area contributed by atoms with Gasteiger partial charge in [-0.15, -0.1) is 0 Å². The molecule has 4 nitrogen and oxygen atoms in total. The van der Waals surface area contributed by atoms with Crippen LogP contribution in [0.5, 0.6) is 0 Å². The fourth-order valence-corrected chi connectivity index (χ4v) is 4.46. The number of carbonyl (C=O) groups excluding carboxylic acids is 1. The summed E-state index contributed by atoms with van der Waals surface area (Å²) in [5.74, 6) is -0.329. The Balaban J connectivity index is 2.02. The van der Waals surface area contributed by atoms with Gasteiger partial charge in [-0.2, -0.15) is 0 Å². The molecule has 0 fully saturated rings. The number of fused-ring (bicyclic) bond motifs is 6. The molecule has 5 aromatic rings. The molecule has 2 aromatic heterocycles. The largest absolute Gasteiger partial charge is 0.462 e. The van der Waals surface area contributed by atoms with Crippen LogP contribution >= 0.6 is 31.9 Å². The van der Waals surface area contributed by atoms with Crippen molar-refractivity contribution in [3.05, 3.63) is 57.0 Å². The van der Waals surface area contributed by atoms with Gasteiger partial charge < -0.3 is 14.7 Å². The van der Waals surface area contributed by atoms with Crippen molar-refractivity contribution in [2.24, 2.45) is 0 Å². The van der Waals surface area contributed by atoms with E-state index >= 15 is 0 Å². The van der Waals surface area contributed by atoms with Gasteiger partial charge in [-0.25, -0.2) is 4.79 Å². The van der Waals surface area contributed by atoms with Crippen LogP contribution in [-0.2, 0) is 4.74 Å². The predicted molar refractivity (Wildman–Crippen MR) is 117 cm³/mol. The van der Waals surface area contributed by atoms with E-state index in [2.05, 4.69) is 60.0 Å². The average Bonchev–Trinajstić information content (AvgIpc) is 3.17. The van der Waals surface area contributed by atoms with Crippen molar-refractivity contribution >= 4 is 81.4 Å². The summed E-state index contributed by atoms with van der Waals surface area (Å²) in [5.41, 5.74) is 4.09. The van der Waals surface area contributed by atoms with Crippen LogP contribution in [0.15, 0.2) is 51.4 Å². The first-order valence-electron chi connectivity index (χ1n) is 8.59. The molecule has 2 N–H and O–H groups in total. The van der Waals surface area contributed by atoms with Gasteiger partial charge in [0.25, 0.3) is 0 Å². The SMILES string of the molecule is CCOC(=O)c1c2[nH]c3ccc(Br)cc3c2cc2c1[nH]c1ccc(Br)cc12. The van der Waals surface area contributed by atoms with Crippen LogP contribution in [0.1, 0.15) is 17.3 Å². The molecule has 0 aliphatic carbocycles. The third-order valence-corrected chi connectivity index (χ3v) is 5.86. The second kappa shape index (κ2) is 6.11. The first kappa shape index (κ1) is 16.8. The Bertz CT molecular complexity index is 1290. The summed E-state index contributed by atoms with van der Waals surface area (Å²) in [6, 6.07) is 14.3. The Kier molecular flexibility index (Phi) is 3.81. The summed E-state index contributed by atoms with van der Waals surface area (Å²) < 4.78 is 7.38. The van der Waals surface area contributed by atoms with E-state index in [-0.39, 0.29) is 5.97 Å². The first-order chi connectivity index (χ1) is 13.1. The normalized spacial score (nSPS) is 11.8. The molecule has 0 saturated heterocycles. The number of rotatable bonds is 2. The highest BCUT2D eigenvalue weighted by molar-refractivity contribution is 9.10. The van der Waals surface area contributed by atoms with E-state index in [1.54, 1.807) is 0 Å². The number of nitrogens with one attached hydrogen (secondary N) is 2. The molecule has 0 aliphatic rings. The van der Waals surface area contributed by atoms with Gasteiger partial charge in [-0.3, -0.25) is 0 Å². The zero-order valence-electron chi connectivity index (χ0n) is 14.3. The second-order valence-electron chi connectivity index (χ2n) is 6.45. The number of benzene rings is 3. The number of halogens is 2.